The van der Waals surface area contributed by atoms with Gasteiger partial charge in [-0.1, -0.05) is 71.7 Å². The van der Waals surface area contributed by atoms with Gasteiger partial charge in [-0.25, -0.2) is 4.98 Å². The fourth-order valence-corrected chi connectivity index (χ4v) is 8.57. The predicted molar refractivity (Wildman–Crippen MR) is 270 cm³/mol. The second-order valence-corrected chi connectivity index (χ2v) is 18.9. The van der Waals surface area contributed by atoms with E-state index in [0.29, 0.717) is 39.5 Å². The first-order chi connectivity index (χ1) is 33.4. The van der Waals surface area contributed by atoms with Crippen LogP contribution in [0.15, 0.2) is 103 Å². The summed E-state index contributed by atoms with van der Waals surface area (Å²) in [6, 6.07) is 25.9. The van der Waals surface area contributed by atoms with Crippen LogP contribution in [0.25, 0.3) is 11.3 Å². The van der Waals surface area contributed by atoms with Crippen molar-refractivity contribution in [1.29, 1.82) is 0 Å². The van der Waals surface area contributed by atoms with Crippen molar-refractivity contribution in [2.24, 2.45) is 13.0 Å². The second kappa shape index (κ2) is 24.4. The Morgan fingerprint density at radius 3 is 2.13 bits per heavy atom. The first kappa shape index (κ1) is 52.9. The van der Waals surface area contributed by atoms with Crippen LogP contribution in [0.4, 0.5) is 0 Å². The van der Waals surface area contributed by atoms with E-state index in [-0.39, 0.29) is 56.9 Å². The van der Waals surface area contributed by atoms with E-state index in [2.05, 4.69) is 15.6 Å². The summed E-state index contributed by atoms with van der Waals surface area (Å²) in [7, 11) is 6.53. The Kier molecular flexibility index (Phi) is 18.5. The number of halogens is 2. The number of aromatic nitrogens is 2. The lowest BCUT2D eigenvalue weighted by Gasteiger charge is -2.35. The minimum Gasteiger partial charge on any atom is -0.462 e. The largest absolute Gasteiger partial charge is 0.462 e. The van der Waals surface area contributed by atoms with Gasteiger partial charge in [-0.05, 0) is 100 Å². The summed E-state index contributed by atoms with van der Waals surface area (Å²) < 4.78 is 19.6. The summed E-state index contributed by atoms with van der Waals surface area (Å²) in [4.78, 5) is 81.1. The van der Waals surface area contributed by atoms with Gasteiger partial charge in [0.1, 0.15) is 23.6 Å². The number of rotatable bonds is 13. The van der Waals surface area contributed by atoms with Gasteiger partial charge in [0, 0.05) is 80.9 Å². The van der Waals surface area contributed by atoms with E-state index < -0.39 is 47.8 Å². The number of methoxy groups -OCH3 is 1. The molecule has 2 heterocycles. The number of likely N-dealkylation sites (N-methyl/N-ethyl adjacent to an activating group) is 2. The van der Waals surface area contributed by atoms with Gasteiger partial charge in [0.2, 0.25) is 29.5 Å². The number of hydrogen-bond donors (Lipinski definition) is 2. The minimum absolute atomic E-state index is 0.0436. The van der Waals surface area contributed by atoms with E-state index in [1.165, 1.54) is 16.9 Å². The van der Waals surface area contributed by atoms with Crippen molar-refractivity contribution in [1.82, 2.24) is 34.9 Å². The Balaban J connectivity index is 1.36. The van der Waals surface area contributed by atoms with Crippen molar-refractivity contribution in [3.63, 3.8) is 0 Å². The fourth-order valence-electron chi connectivity index (χ4n) is 8.28. The van der Waals surface area contributed by atoms with Gasteiger partial charge in [0.05, 0.1) is 37.1 Å². The van der Waals surface area contributed by atoms with Crippen molar-refractivity contribution < 1.29 is 38.2 Å². The molecule has 5 aromatic rings. The second-order valence-electron chi connectivity index (χ2n) is 18.1. The Morgan fingerprint density at radius 2 is 1.46 bits per heavy atom. The highest BCUT2D eigenvalue weighted by Crippen LogP contribution is 2.33. The molecular formula is C53H63Cl2N7O8. The molecule has 1 saturated heterocycles. The molecule has 6 rings (SSSR count). The average Bonchev–Trinajstić information content (AvgIpc) is 3.70. The lowest BCUT2D eigenvalue weighted by molar-refractivity contribution is -0.147. The Hall–Kier alpha value is -6.42. The predicted octanol–water partition coefficient (Wildman–Crippen LogP) is 7.51. The zero-order valence-electron chi connectivity index (χ0n) is 41.0. The number of nitrogens with one attached hydrogen (secondary N) is 2. The highest BCUT2D eigenvalue weighted by molar-refractivity contribution is 6.31. The molecule has 0 spiro atoms. The molecule has 17 heteroatoms. The zero-order valence-corrected chi connectivity index (χ0v) is 42.5. The Bertz CT molecular complexity index is 2590. The van der Waals surface area contributed by atoms with Crippen LogP contribution in [0.2, 0.25) is 10.0 Å². The number of nitrogens with zero attached hydrogens (tertiary/aromatic N) is 5. The number of carbonyl (C=O) groups is 5. The van der Waals surface area contributed by atoms with Crippen LogP contribution in [-0.4, -0.2) is 118 Å². The van der Waals surface area contributed by atoms with Crippen molar-refractivity contribution in [3.05, 3.63) is 130 Å². The minimum atomic E-state index is -1.20. The molecule has 0 bridgehead atoms. The molecule has 15 nitrogen and oxygen atoms in total. The number of hydrogen-bond acceptors (Lipinski definition) is 9. The van der Waals surface area contributed by atoms with Gasteiger partial charge >= 0.3 is 0 Å². The molecule has 0 aliphatic carbocycles. The lowest BCUT2D eigenvalue weighted by Crippen LogP contribution is -2.57. The summed E-state index contributed by atoms with van der Waals surface area (Å²) in [5.74, 6) is -2.33. The van der Waals surface area contributed by atoms with E-state index in [9.17, 15) is 19.2 Å². The SMILES string of the molecule is COC[C@@H]1NC(=O)[C@H](C)N(Cc2ccc(Cl)cc2Oc2ccc(-c3cnc(OC(C)C)n3C)cc2)C(=O)C[C@@H](Cc2ccccc2)C(=O)N(C)[C@@H](C)CNC(=O)C[C@H](Cc2ccc(Cl)cc2)N(C)C1=O. The van der Waals surface area contributed by atoms with Crippen LogP contribution in [0, 0.1) is 5.92 Å². The Labute approximate surface area is 420 Å². The zero-order chi connectivity index (χ0) is 50.6. The third kappa shape index (κ3) is 13.9. The molecule has 0 unspecified atom stereocenters. The fraction of sp³-hybridized carbons (Fsp3) is 0.396. The van der Waals surface area contributed by atoms with Gasteiger partial charge in [0.15, 0.2) is 0 Å². The summed E-state index contributed by atoms with van der Waals surface area (Å²) in [5, 5.41) is 6.73. The van der Waals surface area contributed by atoms with Crippen molar-refractivity contribution in [2.45, 2.75) is 90.2 Å². The van der Waals surface area contributed by atoms with Crippen LogP contribution >= 0.6 is 23.2 Å². The first-order valence-corrected chi connectivity index (χ1v) is 24.1. The van der Waals surface area contributed by atoms with Crippen molar-refractivity contribution in [3.8, 4) is 28.8 Å². The summed E-state index contributed by atoms with van der Waals surface area (Å²) in [5.41, 5.74) is 3.91. The van der Waals surface area contributed by atoms with E-state index in [1.807, 2.05) is 87.0 Å². The normalized spacial score (nSPS) is 20.2. The van der Waals surface area contributed by atoms with Gasteiger partial charge in [0.25, 0.3) is 6.01 Å². The molecular weight excluding hydrogens is 934 g/mol. The van der Waals surface area contributed by atoms with Crippen LogP contribution in [0.5, 0.6) is 17.5 Å². The maximum Gasteiger partial charge on any atom is 0.296 e. The maximum absolute atomic E-state index is 15.0. The van der Waals surface area contributed by atoms with Gasteiger partial charge in [-0.2, -0.15) is 0 Å². The van der Waals surface area contributed by atoms with E-state index in [1.54, 1.807) is 74.6 Å². The highest BCUT2D eigenvalue weighted by Gasteiger charge is 2.36. The van der Waals surface area contributed by atoms with E-state index >= 15 is 4.79 Å². The van der Waals surface area contributed by atoms with Crippen LogP contribution in [0.1, 0.15) is 57.2 Å². The number of amides is 5. The molecule has 4 aromatic carbocycles. The molecule has 1 aliphatic rings. The number of ether oxygens (including phenoxy) is 3. The van der Waals surface area contributed by atoms with Crippen molar-refractivity contribution >= 4 is 52.7 Å². The molecule has 5 amide bonds. The molecule has 372 valence electrons. The molecule has 5 atom stereocenters. The summed E-state index contributed by atoms with van der Waals surface area (Å²) in [6.45, 7) is 7.05. The molecule has 1 fully saturated rings. The van der Waals surface area contributed by atoms with Crippen LogP contribution in [0.3, 0.4) is 0 Å². The molecule has 0 radical (unpaired) electrons. The summed E-state index contributed by atoms with van der Waals surface area (Å²) >= 11 is 12.8. The van der Waals surface area contributed by atoms with Crippen LogP contribution in [-0.2, 0) is 55.1 Å². The Morgan fingerprint density at radius 1 is 0.786 bits per heavy atom. The molecule has 70 heavy (non-hydrogen) atoms. The first-order valence-electron chi connectivity index (χ1n) is 23.3. The van der Waals surface area contributed by atoms with E-state index in [0.717, 1.165) is 22.4 Å². The third-order valence-electron chi connectivity index (χ3n) is 12.5. The quantitative estimate of drug-likeness (QED) is 0.122. The van der Waals surface area contributed by atoms with Crippen LogP contribution < -0.4 is 20.1 Å². The van der Waals surface area contributed by atoms with Gasteiger partial charge in [-0.15, -0.1) is 0 Å². The number of imidazole rings is 1. The molecule has 1 aromatic heterocycles. The van der Waals surface area contributed by atoms with E-state index in [4.69, 9.17) is 37.4 Å². The van der Waals surface area contributed by atoms with Gasteiger partial charge < -0.3 is 39.5 Å². The monoisotopic (exact) mass is 995 g/mol. The average molecular weight is 997 g/mol. The van der Waals surface area contributed by atoms with Crippen molar-refractivity contribution in [2.75, 3.05) is 34.4 Å². The smallest absolute Gasteiger partial charge is 0.296 e. The molecule has 1 aliphatic heterocycles. The highest BCUT2D eigenvalue weighted by atomic mass is 35.5. The maximum atomic E-state index is 15.0. The standard InChI is InChI=1S/C53H63Cl2N7O8/c1-33(2)69-53-57-30-46(61(53)7)38-17-22-44(23-18-38)70-47-27-42(55)21-16-39(47)31-62-35(4)50(65)58-45(32-68-8)52(67)60(6)43(25-37-14-19-41(54)20-15-37)28-48(63)56-29-34(3)59(5)51(66)40(26-49(62)64)24-36-12-10-9-11-13-36/h9-23,27,30,33-35,40,43,45H,24-26,28-29,31-32H2,1-8H3,(H,56,63)(H,58,65)/t34-,35-,40+,43-,45-/m0/s1. The topological polar surface area (TPSA) is 165 Å². The van der Waals surface area contributed by atoms with Gasteiger partial charge in [-0.3, -0.25) is 28.5 Å². The number of benzene rings is 4. The molecule has 0 saturated carbocycles. The lowest BCUT2D eigenvalue weighted by atomic mass is 9.93. The number of carbonyl (C=O) groups excluding carboxylic acids is 5. The summed E-state index contributed by atoms with van der Waals surface area (Å²) in [6.07, 6.45) is 1.87. The molecule has 2 N–H and O–H groups in total. The third-order valence-corrected chi connectivity index (χ3v) is 13.0.